The summed E-state index contributed by atoms with van der Waals surface area (Å²) in [5.74, 6) is 0.746. The summed E-state index contributed by atoms with van der Waals surface area (Å²) in [7, 11) is 0. The summed E-state index contributed by atoms with van der Waals surface area (Å²) in [4.78, 5) is 11.7. The molecule has 0 radical (unpaired) electrons. The molecule has 4 nitrogen and oxygen atoms in total. The molecule has 0 aromatic heterocycles. The van der Waals surface area contributed by atoms with Crippen LogP contribution in [-0.2, 0) is 4.74 Å². The van der Waals surface area contributed by atoms with Gasteiger partial charge in [0.15, 0.2) is 0 Å². The molecule has 1 aliphatic rings. The number of ether oxygens (including phenoxy) is 1. The molecule has 3 unspecified atom stereocenters. The van der Waals surface area contributed by atoms with Crippen molar-refractivity contribution in [3.63, 3.8) is 0 Å². The molecule has 0 aromatic rings. The van der Waals surface area contributed by atoms with Crippen LogP contribution in [0.5, 0.6) is 0 Å². The second-order valence-corrected chi connectivity index (χ2v) is 7.05. The third-order valence-electron chi connectivity index (χ3n) is 3.84. The molecule has 118 valence electrons. The van der Waals surface area contributed by atoms with Crippen LogP contribution in [0.3, 0.4) is 0 Å². The van der Waals surface area contributed by atoms with Crippen molar-refractivity contribution in [3.8, 4) is 0 Å². The van der Waals surface area contributed by atoms with E-state index in [0.717, 1.165) is 18.8 Å². The summed E-state index contributed by atoms with van der Waals surface area (Å²) in [5, 5.41) is 6.60. The van der Waals surface area contributed by atoms with Crippen LogP contribution in [0.1, 0.15) is 66.7 Å². The summed E-state index contributed by atoms with van der Waals surface area (Å²) in [6.45, 7) is 10.8. The van der Waals surface area contributed by atoms with Crippen LogP contribution in [0, 0.1) is 5.92 Å². The van der Waals surface area contributed by atoms with Crippen LogP contribution in [0.25, 0.3) is 0 Å². The van der Waals surface area contributed by atoms with Crippen molar-refractivity contribution >= 4 is 6.09 Å². The van der Waals surface area contributed by atoms with Crippen molar-refractivity contribution in [1.29, 1.82) is 0 Å². The van der Waals surface area contributed by atoms with Gasteiger partial charge in [0.2, 0.25) is 0 Å². The van der Waals surface area contributed by atoms with Gasteiger partial charge in [-0.15, -0.1) is 0 Å². The Morgan fingerprint density at radius 3 is 2.55 bits per heavy atom. The van der Waals surface area contributed by atoms with Crippen LogP contribution in [-0.4, -0.2) is 30.3 Å². The van der Waals surface area contributed by atoms with E-state index in [-0.39, 0.29) is 6.09 Å². The molecule has 1 fully saturated rings. The summed E-state index contributed by atoms with van der Waals surface area (Å²) < 4.78 is 5.28. The van der Waals surface area contributed by atoms with Gasteiger partial charge in [0, 0.05) is 18.6 Å². The normalized spacial score (nSPS) is 24.4. The Balaban J connectivity index is 2.36. The van der Waals surface area contributed by atoms with Gasteiger partial charge in [-0.3, -0.25) is 0 Å². The van der Waals surface area contributed by atoms with Crippen LogP contribution < -0.4 is 10.6 Å². The van der Waals surface area contributed by atoms with Crippen molar-refractivity contribution < 1.29 is 9.53 Å². The molecule has 2 N–H and O–H groups in total. The molecule has 1 aliphatic carbocycles. The number of nitrogens with one attached hydrogen (secondary N) is 2. The summed E-state index contributed by atoms with van der Waals surface area (Å²) >= 11 is 0. The molecular formula is C16H32N2O2. The molecule has 0 saturated heterocycles. The first-order chi connectivity index (χ1) is 9.31. The predicted molar refractivity (Wildman–Crippen MR) is 82.9 cm³/mol. The van der Waals surface area contributed by atoms with Crippen molar-refractivity contribution in [1.82, 2.24) is 10.6 Å². The van der Waals surface area contributed by atoms with Gasteiger partial charge in [0.05, 0.1) is 0 Å². The fourth-order valence-electron chi connectivity index (χ4n) is 2.81. The molecule has 1 amide bonds. The average molecular weight is 284 g/mol. The number of alkyl carbamates (subject to hydrolysis) is 1. The van der Waals surface area contributed by atoms with E-state index in [2.05, 4.69) is 24.5 Å². The van der Waals surface area contributed by atoms with Crippen LogP contribution in [0.2, 0.25) is 0 Å². The highest BCUT2D eigenvalue weighted by molar-refractivity contribution is 5.67. The zero-order chi connectivity index (χ0) is 15.2. The Hall–Kier alpha value is -0.770. The van der Waals surface area contributed by atoms with E-state index in [4.69, 9.17) is 4.74 Å². The first-order valence-corrected chi connectivity index (χ1v) is 8.04. The van der Waals surface area contributed by atoms with E-state index in [1.54, 1.807) is 0 Å². The predicted octanol–water partition coefficient (Wildman–Crippen LogP) is 3.46. The van der Waals surface area contributed by atoms with E-state index in [0.29, 0.717) is 18.6 Å². The van der Waals surface area contributed by atoms with Crippen molar-refractivity contribution in [3.05, 3.63) is 0 Å². The Kier molecular flexibility index (Phi) is 6.80. The number of carbonyl (C=O) groups excluding carboxylic acids is 1. The van der Waals surface area contributed by atoms with Crippen LogP contribution >= 0.6 is 0 Å². The topological polar surface area (TPSA) is 50.4 Å². The molecule has 0 spiro atoms. The smallest absolute Gasteiger partial charge is 0.407 e. The van der Waals surface area contributed by atoms with Crippen LogP contribution in [0.4, 0.5) is 4.79 Å². The van der Waals surface area contributed by atoms with E-state index >= 15 is 0 Å². The molecule has 0 bridgehead atoms. The third kappa shape index (κ3) is 6.60. The highest BCUT2D eigenvalue weighted by atomic mass is 16.6. The molecule has 4 heteroatoms. The van der Waals surface area contributed by atoms with Crippen molar-refractivity contribution in [2.75, 3.05) is 6.54 Å². The van der Waals surface area contributed by atoms with Gasteiger partial charge in [0.1, 0.15) is 5.60 Å². The van der Waals surface area contributed by atoms with Gasteiger partial charge in [0.25, 0.3) is 0 Å². The lowest BCUT2D eigenvalue weighted by atomic mass is 10.0. The van der Waals surface area contributed by atoms with Gasteiger partial charge in [-0.05, 0) is 46.0 Å². The summed E-state index contributed by atoms with van der Waals surface area (Å²) in [6, 6.07) is 0.949. The minimum atomic E-state index is -0.433. The number of hydrogen-bond acceptors (Lipinski definition) is 3. The Bertz CT molecular complexity index is 299. The molecule has 0 aromatic carbocycles. The van der Waals surface area contributed by atoms with E-state index in [9.17, 15) is 4.79 Å². The first kappa shape index (κ1) is 17.3. The number of hydrogen-bond donors (Lipinski definition) is 2. The lowest BCUT2D eigenvalue weighted by Crippen LogP contribution is -2.47. The fraction of sp³-hybridized carbons (Fsp3) is 0.938. The summed E-state index contributed by atoms with van der Waals surface area (Å²) in [6.07, 6.45) is 5.77. The second kappa shape index (κ2) is 7.87. The van der Waals surface area contributed by atoms with Crippen LogP contribution in [0.15, 0.2) is 0 Å². The maximum absolute atomic E-state index is 11.7. The van der Waals surface area contributed by atoms with Gasteiger partial charge in [-0.1, -0.05) is 26.7 Å². The monoisotopic (exact) mass is 284 g/mol. The quantitative estimate of drug-likeness (QED) is 0.785. The molecule has 1 saturated carbocycles. The standard InChI is InChI=1S/C16H32N2O2/c1-6-8-13(18-14-10-7-9-12(14)2)11-17-15(19)20-16(3,4)5/h12-14,18H,6-11H2,1-5H3,(H,17,19). The maximum atomic E-state index is 11.7. The van der Waals surface area contributed by atoms with Gasteiger partial charge < -0.3 is 15.4 Å². The van der Waals surface area contributed by atoms with Gasteiger partial charge in [-0.25, -0.2) is 4.79 Å². The first-order valence-electron chi connectivity index (χ1n) is 8.04. The number of carbonyl (C=O) groups is 1. The number of amides is 1. The molecule has 3 atom stereocenters. The Labute approximate surface area is 124 Å². The lowest BCUT2D eigenvalue weighted by Gasteiger charge is -2.26. The molecule has 1 rings (SSSR count). The lowest BCUT2D eigenvalue weighted by molar-refractivity contribution is 0.0520. The summed E-state index contributed by atoms with van der Waals surface area (Å²) in [5.41, 5.74) is -0.433. The van der Waals surface area contributed by atoms with E-state index in [1.165, 1.54) is 19.3 Å². The highest BCUT2D eigenvalue weighted by Crippen LogP contribution is 2.25. The van der Waals surface area contributed by atoms with Gasteiger partial charge in [-0.2, -0.15) is 0 Å². The van der Waals surface area contributed by atoms with Crippen molar-refractivity contribution in [2.45, 2.75) is 84.4 Å². The fourth-order valence-corrected chi connectivity index (χ4v) is 2.81. The molecule has 0 aliphatic heterocycles. The van der Waals surface area contributed by atoms with Gasteiger partial charge >= 0.3 is 6.09 Å². The number of rotatable bonds is 6. The minimum absolute atomic E-state index is 0.320. The zero-order valence-electron chi connectivity index (χ0n) is 13.8. The largest absolute Gasteiger partial charge is 0.444 e. The molecular weight excluding hydrogens is 252 g/mol. The van der Waals surface area contributed by atoms with E-state index < -0.39 is 5.60 Å². The third-order valence-corrected chi connectivity index (χ3v) is 3.84. The molecule has 0 heterocycles. The molecule has 20 heavy (non-hydrogen) atoms. The SMILES string of the molecule is CCCC(CNC(=O)OC(C)(C)C)NC1CCCC1C. The van der Waals surface area contributed by atoms with E-state index in [1.807, 2.05) is 20.8 Å². The Morgan fingerprint density at radius 2 is 2.05 bits per heavy atom. The second-order valence-electron chi connectivity index (χ2n) is 7.05. The minimum Gasteiger partial charge on any atom is -0.444 e. The zero-order valence-corrected chi connectivity index (χ0v) is 13.8. The maximum Gasteiger partial charge on any atom is 0.407 e. The Morgan fingerprint density at radius 1 is 1.35 bits per heavy atom. The van der Waals surface area contributed by atoms with Crippen molar-refractivity contribution in [2.24, 2.45) is 5.92 Å². The highest BCUT2D eigenvalue weighted by Gasteiger charge is 2.25. The average Bonchev–Trinajstić information content (AvgIpc) is 2.70.